The molecule has 0 radical (unpaired) electrons. The zero-order valence-electron chi connectivity index (χ0n) is 16.4. The van der Waals surface area contributed by atoms with Crippen LogP contribution >= 0.6 is 0 Å². The molecule has 2 N–H and O–H groups in total. The number of benzene rings is 1. The first kappa shape index (κ1) is 20.3. The second-order valence-electron chi connectivity index (χ2n) is 7.69. The van der Waals surface area contributed by atoms with Gasteiger partial charge in [0, 0.05) is 33.1 Å². The van der Waals surface area contributed by atoms with Gasteiger partial charge in [-0.1, -0.05) is 51.0 Å². The Bertz CT molecular complexity index is 577. The molecule has 0 heterocycles. The maximum atomic E-state index is 12.1. The minimum Gasteiger partial charge on any atom is -0.354 e. The molecule has 0 aliphatic heterocycles. The standard InChI is InChI=1S/C21H33N3O2/c1-16(2)19-10-8-18(9-11-19)15-24(3)21(26)23-13-12-22-20(25)14-17-6-4-5-7-17/h8-11,16-17H,4-7,12-15H2,1-3H3,(H,22,25)(H,23,26). The Kier molecular flexibility index (Phi) is 7.95. The number of amides is 3. The van der Waals surface area contributed by atoms with E-state index >= 15 is 0 Å². The average Bonchev–Trinajstić information content (AvgIpc) is 3.11. The molecule has 0 saturated heterocycles. The van der Waals surface area contributed by atoms with E-state index in [0.29, 0.717) is 37.9 Å². The van der Waals surface area contributed by atoms with Gasteiger partial charge in [0.1, 0.15) is 0 Å². The van der Waals surface area contributed by atoms with Crippen LogP contribution in [0.3, 0.4) is 0 Å². The van der Waals surface area contributed by atoms with Crippen LogP contribution in [0.1, 0.15) is 63.0 Å². The van der Waals surface area contributed by atoms with E-state index in [1.54, 1.807) is 11.9 Å². The van der Waals surface area contributed by atoms with Gasteiger partial charge in [0.2, 0.25) is 5.91 Å². The molecule has 0 bridgehead atoms. The number of nitrogens with one attached hydrogen (secondary N) is 2. The van der Waals surface area contributed by atoms with Crippen LogP contribution in [0.15, 0.2) is 24.3 Å². The lowest BCUT2D eigenvalue weighted by molar-refractivity contribution is -0.121. The molecule has 5 nitrogen and oxygen atoms in total. The smallest absolute Gasteiger partial charge is 0.317 e. The highest BCUT2D eigenvalue weighted by atomic mass is 16.2. The second kappa shape index (κ2) is 10.2. The predicted octanol–water partition coefficient (Wildman–Crippen LogP) is 3.65. The normalized spacial score (nSPS) is 14.5. The van der Waals surface area contributed by atoms with Crippen molar-refractivity contribution in [2.75, 3.05) is 20.1 Å². The van der Waals surface area contributed by atoms with Crippen molar-refractivity contribution in [3.63, 3.8) is 0 Å². The van der Waals surface area contributed by atoms with Crippen molar-refractivity contribution in [3.05, 3.63) is 35.4 Å². The third-order valence-corrected chi connectivity index (χ3v) is 5.09. The molecule has 1 saturated carbocycles. The Morgan fingerprint density at radius 1 is 1.08 bits per heavy atom. The monoisotopic (exact) mass is 359 g/mol. The van der Waals surface area contributed by atoms with E-state index in [1.807, 2.05) is 0 Å². The van der Waals surface area contributed by atoms with Gasteiger partial charge in [-0.05, 0) is 35.8 Å². The van der Waals surface area contributed by atoms with Gasteiger partial charge in [-0.3, -0.25) is 4.79 Å². The first-order valence-electron chi connectivity index (χ1n) is 9.80. The summed E-state index contributed by atoms with van der Waals surface area (Å²) in [5.41, 5.74) is 2.41. The largest absolute Gasteiger partial charge is 0.354 e. The lowest BCUT2D eigenvalue weighted by Crippen LogP contribution is -2.41. The minimum atomic E-state index is -0.122. The molecule has 2 rings (SSSR count). The third kappa shape index (κ3) is 6.70. The number of rotatable bonds is 8. The molecule has 5 heteroatoms. The van der Waals surface area contributed by atoms with Gasteiger partial charge in [0.25, 0.3) is 0 Å². The minimum absolute atomic E-state index is 0.102. The fourth-order valence-corrected chi connectivity index (χ4v) is 3.41. The van der Waals surface area contributed by atoms with Crippen LogP contribution in [0.5, 0.6) is 0 Å². The van der Waals surface area contributed by atoms with Crippen molar-refractivity contribution in [2.24, 2.45) is 5.92 Å². The Morgan fingerprint density at radius 2 is 1.69 bits per heavy atom. The van der Waals surface area contributed by atoms with Gasteiger partial charge in [0.15, 0.2) is 0 Å². The van der Waals surface area contributed by atoms with Gasteiger partial charge in [-0.15, -0.1) is 0 Å². The van der Waals surface area contributed by atoms with Gasteiger partial charge in [-0.2, -0.15) is 0 Å². The van der Waals surface area contributed by atoms with Crippen molar-refractivity contribution in [1.29, 1.82) is 0 Å². The van der Waals surface area contributed by atoms with Gasteiger partial charge < -0.3 is 15.5 Å². The molecule has 1 aromatic carbocycles. The van der Waals surface area contributed by atoms with E-state index in [9.17, 15) is 9.59 Å². The summed E-state index contributed by atoms with van der Waals surface area (Å²) < 4.78 is 0. The highest BCUT2D eigenvalue weighted by molar-refractivity contribution is 5.76. The van der Waals surface area contributed by atoms with Gasteiger partial charge in [-0.25, -0.2) is 4.79 Å². The predicted molar refractivity (Wildman–Crippen MR) is 105 cm³/mol. The summed E-state index contributed by atoms with van der Waals surface area (Å²) in [5.74, 6) is 1.16. The van der Waals surface area contributed by atoms with Crippen LogP contribution in [0, 0.1) is 5.92 Å². The van der Waals surface area contributed by atoms with E-state index in [-0.39, 0.29) is 11.9 Å². The molecule has 26 heavy (non-hydrogen) atoms. The Morgan fingerprint density at radius 3 is 2.31 bits per heavy atom. The Balaban J connectivity index is 1.62. The summed E-state index contributed by atoms with van der Waals surface area (Å²) in [6.07, 6.45) is 5.47. The van der Waals surface area contributed by atoms with Crippen LogP contribution in [0.2, 0.25) is 0 Å². The van der Waals surface area contributed by atoms with Gasteiger partial charge in [0.05, 0.1) is 0 Å². The van der Waals surface area contributed by atoms with Crippen LogP contribution in [-0.2, 0) is 11.3 Å². The van der Waals surface area contributed by atoms with Crippen molar-refractivity contribution < 1.29 is 9.59 Å². The molecule has 1 aromatic rings. The van der Waals surface area contributed by atoms with Crippen LogP contribution in [0.25, 0.3) is 0 Å². The summed E-state index contributed by atoms with van der Waals surface area (Å²) in [7, 11) is 1.78. The molecule has 1 fully saturated rings. The van der Waals surface area contributed by atoms with Crippen LogP contribution in [-0.4, -0.2) is 37.0 Å². The fraction of sp³-hybridized carbons (Fsp3) is 0.619. The zero-order valence-corrected chi connectivity index (χ0v) is 16.4. The summed E-state index contributed by atoms with van der Waals surface area (Å²) in [4.78, 5) is 25.7. The maximum Gasteiger partial charge on any atom is 0.317 e. The number of urea groups is 1. The summed E-state index contributed by atoms with van der Waals surface area (Å²) >= 11 is 0. The van der Waals surface area contributed by atoms with Crippen LogP contribution in [0.4, 0.5) is 4.79 Å². The van der Waals surface area contributed by atoms with E-state index in [2.05, 4.69) is 48.7 Å². The molecule has 144 valence electrons. The number of nitrogens with zero attached hydrogens (tertiary/aromatic N) is 1. The molecule has 0 spiro atoms. The summed E-state index contributed by atoms with van der Waals surface area (Å²) in [6.45, 7) is 5.83. The number of carbonyl (C=O) groups excluding carboxylic acids is 2. The summed E-state index contributed by atoms with van der Waals surface area (Å²) in [6, 6.07) is 8.25. The summed E-state index contributed by atoms with van der Waals surface area (Å²) in [5, 5.41) is 5.75. The molecule has 1 aliphatic carbocycles. The Hall–Kier alpha value is -2.04. The quantitative estimate of drug-likeness (QED) is 0.696. The maximum absolute atomic E-state index is 12.1. The van der Waals surface area contributed by atoms with E-state index in [0.717, 1.165) is 5.56 Å². The van der Waals surface area contributed by atoms with Crippen LogP contribution < -0.4 is 10.6 Å². The zero-order chi connectivity index (χ0) is 18.9. The molecule has 0 unspecified atom stereocenters. The molecule has 0 aromatic heterocycles. The first-order valence-corrected chi connectivity index (χ1v) is 9.80. The van der Waals surface area contributed by atoms with Gasteiger partial charge >= 0.3 is 6.03 Å². The van der Waals surface area contributed by atoms with Crippen molar-refractivity contribution in [1.82, 2.24) is 15.5 Å². The third-order valence-electron chi connectivity index (χ3n) is 5.09. The van der Waals surface area contributed by atoms with Crippen molar-refractivity contribution >= 4 is 11.9 Å². The number of hydrogen-bond acceptors (Lipinski definition) is 2. The van der Waals surface area contributed by atoms with Crippen molar-refractivity contribution in [2.45, 2.75) is 58.4 Å². The topological polar surface area (TPSA) is 61.4 Å². The molecule has 1 aliphatic rings. The Labute approximate surface area is 157 Å². The van der Waals surface area contributed by atoms with E-state index < -0.39 is 0 Å². The second-order valence-corrected chi connectivity index (χ2v) is 7.69. The highest BCUT2D eigenvalue weighted by Gasteiger charge is 2.18. The molecular formula is C21H33N3O2. The molecule has 3 amide bonds. The number of hydrogen-bond donors (Lipinski definition) is 2. The highest BCUT2D eigenvalue weighted by Crippen LogP contribution is 2.27. The molecule has 0 atom stereocenters. The average molecular weight is 360 g/mol. The SMILES string of the molecule is CC(C)c1ccc(CN(C)C(=O)NCCNC(=O)CC2CCCC2)cc1. The molecular weight excluding hydrogens is 326 g/mol. The van der Waals surface area contributed by atoms with Crippen molar-refractivity contribution in [3.8, 4) is 0 Å². The van der Waals surface area contributed by atoms with E-state index in [1.165, 1.54) is 31.2 Å². The van der Waals surface area contributed by atoms with E-state index in [4.69, 9.17) is 0 Å². The number of carbonyl (C=O) groups is 2. The lowest BCUT2D eigenvalue weighted by Gasteiger charge is -2.19. The first-order chi connectivity index (χ1) is 12.5. The fourth-order valence-electron chi connectivity index (χ4n) is 3.41. The lowest BCUT2D eigenvalue weighted by atomic mass is 10.0.